The maximum Gasteiger partial charge on any atom is 0.434 e. The first kappa shape index (κ1) is 21.2. The molecule has 1 aliphatic rings. The van der Waals surface area contributed by atoms with E-state index in [0.29, 0.717) is 17.8 Å². The zero-order valence-corrected chi connectivity index (χ0v) is 17.9. The lowest BCUT2D eigenvalue weighted by Crippen LogP contribution is -2.21. The third kappa shape index (κ3) is 4.33. The first-order valence-corrected chi connectivity index (χ1v) is 10.3. The van der Waals surface area contributed by atoms with Gasteiger partial charge in [0.2, 0.25) is 0 Å². The Bertz CT molecular complexity index is 1300. The highest BCUT2D eigenvalue weighted by Gasteiger charge is 2.33. The molecular weight excluding hydrogens is 437 g/mol. The first-order chi connectivity index (χ1) is 15.8. The van der Waals surface area contributed by atoms with E-state index in [1.54, 1.807) is 27.7 Å². The molecular formula is C21H21F3N8O. The average Bonchev–Trinajstić information content (AvgIpc) is 3.45. The van der Waals surface area contributed by atoms with Crippen LogP contribution in [0.4, 0.5) is 24.8 Å². The fourth-order valence-corrected chi connectivity index (χ4v) is 3.90. The Morgan fingerprint density at radius 3 is 2.73 bits per heavy atom. The van der Waals surface area contributed by atoms with Gasteiger partial charge in [0.05, 0.1) is 24.1 Å². The normalized spacial score (nSPS) is 17.1. The lowest BCUT2D eigenvalue weighted by Gasteiger charge is -2.14. The van der Waals surface area contributed by atoms with Gasteiger partial charge in [-0.1, -0.05) is 0 Å². The Morgan fingerprint density at radius 2 is 1.97 bits per heavy atom. The highest BCUT2D eigenvalue weighted by atomic mass is 19.4. The monoisotopic (exact) mass is 458 g/mol. The third-order valence-corrected chi connectivity index (χ3v) is 5.46. The van der Waals surface area contributed by atoms with Gasteiger partial charge < -0.3 is 15.0 Å². The van der Waals surface area contributed by atoms with Gasteiger partial charge in [-0.3, -0.25) is 9.67 Å². The molecule has 33 heavy (non-hydrogen) atoms. The van der Waals surface area contributed by atoms with Crippen molar-refractivity contribution in [2.24, 2.45) is 7.05 Å². The van der Waals surface area contributed by atoms with Gasteiger partial charge in [0.25, 0.3) is 0 Å². The summed E-state index contributed by atoms with van der Waals surface area (Å²) < 4.78 is 48.3. The SMILES string of the molecule is CN1CC[C@H](Oc2cnn(C)c2-c2ccn3nc(Nc4cncc(C(F)(F)F)n4)cc3c2)C1. The number of hydrogen-bond donors (Lipinski definition) is 1. The number of hydrogen-bond acceptors (Lipinski definition) is 7. The summed E-state index contributed by atoms with van der Waals surface area (Å²) in [6, 6.07) is 5.52. The van der Waals surface area contributed by atoms with Crippen molar-refractivity contribution in [1.82, 2.24) is 34.3 Å². The molecule has 0 radical (unpaired) electrons. The molecule has 5 heterocycles. The van der Waals surface area contributed by atoms with Crippen molar-refractivity contribution < 1.29 is 17.9 Å². The van der Waals surface area contributed by atoms with Crippen LogP contribution in [0.5, 0.6) is 5.75 Å². The largest absolute Gasteiger partial charge is 0.485 e. The molecule has 9 nitrogen and oxygen atoms in total. The summed E-state index contributed by atoms with van der Waals surface area (Å²) in [5, 5.41) is 11.5. The summed E-state index contributed by atoms with van der Waals surface area (Å²) in [4.78, 5) is 9.40. The number of nitrogens with one attached hydrogen (secondary N) is 1. The van der Waals surface area contributed by atoms with E-state index in [-0.39, 0.29) is 11.9 Å². The van der Waals surface area contributed by atoms with Gasteiger partial charge in [-0.05, 0) is 25.6 Å². The molecule has 1 aliphatic heterocycles. The molecule has 4 aromatic rings. The fraction of sp³-hybridized carbons (Fsp3) is 0.333. The van der Waals surface area contributed by atoms with E-state index in [1.807, 2.05) is 19.2 Å². The minimum absolute atomic E-state index is 0.0442. The Hall–Kier alpha value is -3.67. The van der Waals surface area contributed by atoms with Crippen LogP contribution in [0.2, 0.25) is 0 Å². The number of ether oxygens (including phenoxy) is 1. The van der Waals surface area contributed by atoms with Crippen molar-refractivity contribution in [1.29, 1.82) is 0 Å². The van der Waals surface area contributed by atoms with Crippen molar-refractivity contribution in [3.63, 3.8) is 0 Å². The first-order valence-electron chi connectivity index (χ1n) is 10.3. The lowest BCUT2D eigenvalue weighted by molar-refractivity contribution is -0.141. The van der Waals surface area contributed by atoms with Gasteiger partial charge in [0, 0.05) is 38.0 Å². The smallest absolute Gasteiger partial charge is 0.434 e. The standard InChI is InChI=1S/C21H21F3N8O/c1-30-5-4-15(12-30)33-16-9-26-31(2)20(16)13-3-6-32-14(7-13)8-18(29-32)28-19-11-25-10-17(27-19)21(22,23)24/h3,6-11,15H,4-5,12H2,1-2H3,(H,27,28,29)/t15-/m0/s1. The van der Waals surface area contributed by atoms with E-state index in [1.165, 1.54) is 6.20 Å². The van der Waals surface area contributed by atoms with E-state index in [2.05, 4.69) is 37.4 Å². The third-order valence-electron chi connectivity index (χ3n) is 5.46. The fourth-order valence-electron chi connectivity index (χ4n) is 3.90. The summed E-state index contributed by atoms with van der Waals surface area (Å²) in [5.74, 6) is 1.01. The molecule has 0 spiro atoms. The zero-order chi connectivity index (χ0) is 23.2. The van der Waals surface area contributed by atoms with E-state index in [4.69, 9.17) is 4.74 Å². The number of anilines is 2. The van der Waals surface area contributed by atoms with Gasteiger partial charge in [0.15, 0.2) is 23.1 Å². The van der Waals surface area contributed by atoms with Crippen molar-refractivity contribution in [2.45, 2.75) is 18.7 Å². The highest BCUT2D eigenvalue weighted by Crippen LogP contribution is 2.32. The molecule has 0 aliphatic carbocycles. The molecule has 0 saturated carbocycles. The molecule has 172 valence electrons. The predicted octanol–water partition coefficient (Wildman–Crippen LogP) is 3.37. The predicted molar refractivity (Wildman–Crippen MR) is 114 cm³/mol. The summed E-state index contributed by atoms with van der Waals surface area (Å²) in [5.41, 5.74) is 1.39. The second-order valence-electron chi connectivity index (χ2n) is 8.00. The quantitative estimate of drug-likeness (QED) is 0.491. The van der Waals surface area contributed by atoms with Crippen LogP contribution in [0.15, 0.2) is 43.0 Å². The molecule has 0 amide bonds. The number of rotatable bonds is 5. The van der Waals surface area contributed by atoms with Crippen LogP contribution in [-0.4, -0.2) is 60.5 Å². The topological polar surface area (TPSA) is 85.4 Å². The average molecular weight is 458 g/mol. The van der Waals surface area contributed by atoms with E-state index in [0.717, 1.165) is 36.3 Å². The molecule has 0 bridgehead atoms. The summed E-state index contributed by atoms with van der Waals surface area (Å²) in [7, 11) is 3.92. The van der Waals surface area contributed by atoms with E-state index >= 15 is 0 Å². The van der Waals surface area contributed by atoms with Crippen LogP contribution in [0.1, 0.15) is 12.1 Å². The summed E-state index contributed by atoms with van der Waals surface area (Å²) >= 11 is 0. The van der Waals surface area contributed by atoms with Crippen LogP contribution in [0.3, 0.4) is 0 Å². The maximum absolute atomic E-state index is 12.9. The molecule has 1 N–H and O–H groups in total. The Labute approximate surface area is 186 Å². The van der Waals surface area contributed by atoms with E-state index in [9.17, 15) is 13.2 Å². The molecule has 0 unspecified atom stereocenters. The molecule has 12 heteroatoms. The zero-order valence-electron chi connectivity index (χ0n) is 17.9. The van der Waals surface area contributed by atoms with Crippen LogP contribution in [-0.2, 0) is 13.2 Å². The number of alkyl halides is 3. The van der Waals surface area contributed by atoms with Gasteiger partial charge in [-0.2, -0.15) is 23.4 Å². The summed E-state index contributed by atoms with van der Waals surface area (Å²) in [6.07, 6.45) is 1.88. The second kappa shape index (κ2) is 8.03. The lowest BCUT2D eigenvalue weighted by atomic mass is 10.1. The number of fused-ring (bicyclic) bond motifs is 1. The number of likely N-dealkylation sites (N-methyl/N-ethyl adjacent to an activating group) is 1. The molecule has 1 saturated heterocycles. The number of nitrogens with zero attached hydrogens (tertiary/aromatic N) is 7. The van der Waals surface area contributed by atoms with Crippen molar-refractivity contribution in [3.05, 3.63) is 48.7 Å². The Kier molecular flexibility index (Phi) is 5.16. The van der Waals surface area contributed by atoms with Crippen LogP contribution in [0, 0.1) is 0 Å². The maximum atomic E-state index is 12.9. The van der Waals surface area contributed by atoms with Gasteiger partial charge in [0.1, 0.15) is 11.8 Å². The van der Waals surface area contributed by atoms with Gasteiger partial charge >= 0.3 is 6.18 Å². The van der Waals surface area contributed by atoms with E-state index < -0.39 is 11.9 Å². The summed E-state index contributed by atoms with van der Waals surface area (Å²) in [6.45, 7) is 1.86. The Morgan fingerprint density at radius 1 is 1.12 bits per heavy atom. The highest BCUT2D eigenvalue weighted by molar-refractivity contribution is 5.72. The van der Waals surface area contributed by atoms with Crippen LogP contribution >= 0.6 is 0 Å². The Balaban J connectivity index is 1.41. The number of aryl methyl sites for hydroxylation is 1. The minimum atomic E-state index is -4.57. The number of pyridine rings is 1. The van der Waals surface area contributed by atoms with Gasteiger partial charge in [-0.25, -0.2) is 9.50 Å². The number of likely N-dealkylation sites (tertiary alicyclic amines) is 1. The molecule has 0 aromatic carbocycles. The van der Waals surface area contributed by atoms with Crippen molar-refractivity contribution >= 4 is 17.2 Å². The second-order valence-corrected chi connectivity index (χ2v) is 8.00. The number of halogens is 3. The van der Waals surface area contributed by atoms with Crippen molar-refractivity contribution in [3.8, 4) is 17.0 Å². The van der Waals surface area contributed by atoms with Crippen LogP contribution in [0.25, 0.3) is 16.8 Å². The molecule has 5 rings (SSSR count). The minimum Gasteiger partial charge on any atom is -0.485 e. The molecule has 1 atom stereocenters. The van der Waals surface area contributed by atoms with Gasteiger partial charge in [-0.15, -0.1) is 0 Å². The van der Waals surface area contributed by atoms with Crippen LogP contribution < -0.4 is 10.1 Å². The van der Waals surface area contributed by atoms with Crippen molar-refractivity contribution in [2.75, 3.05) is 25.5 Å². The molecule has 1 fully saturated rings. The number of aromatic nitrogens is 6. The molecule has 4 aromatic heterocycles.